The molecule has 1 aromatic carbocycles. The van der Waals surface area contributed by atoms with Gasteiger partial charge in [-0.25, -0.2) is 0 Å². The minimum Gasteiger partial charge on any atom is -0.493 e. The Morgan fingerprint density at radius 1 is 1.36 bits per heavy atom. The third-order valence-electron chi connectivity index (χ3n) is 4.93. The van der Waals surface area contributed by atoms with Crippen molar-refractivity contribution in [3.8, 4) is 5.75 Å². The molecule has 1 fully saturated rings. The van der Waals surface area contributed by atoms with Gasteiger partial charge in [0.25, 0.3) is 0 Å². The van der Waals surface area contributed by atoms with Crippen molar-refractivity contribution in [3.63, 3.8) is 0 Å². The Labute approximate surface area is 167 Å². The van der Waals surface area contributed by atoms with E-state index in [2.05, 4.69) is 52.4 Å². The Morgan fingerprint density at radius 2 is 2.14 bits per heavy atom. The first-order chi connectivity index (χ1) is 13.6. The molecule has 2 aromatic rings. The molecule has 0 amide bonds. The fraction of sp³-hybridized carbons (Fsp3) is 0.524. The number of para-hydroxylation sites is 1. The van der Waals surface area contributed by atoms with Crippen molar-refractivity contribution in [1.29, 1.82) is 0 Å². The van der Waals surface area contributed by atoms with E-state index < -0.39 is 0 Å². The maximum absolute atomic E-state index is 5.98. The van der Waals surface area contributed by atoms with E-state index in [-0.39, 0.29) is 6.10 Å². The molecule has 0 bridgehead atoms. The minimum atomic E-state index is 0.0216. The van der Waals surface area contributed by atoms with E-state index in [0.717, 1.165) is 43.3 Å². The summed E-state index contributed by atoms with van der Waals surface area (Å²) in [6.07, 6.45) is 4.81. The molecular formula is C21H31N5O2. The average Bonchev–Trinajstić information content (AvgIpc) is 3.13. The first kappa shape index (κ1) is 20.2. The number of ether oxygens (including phenoxy) is 2. The van der Waals surface area contributed by atoms with Gasteiger partial charge < -0.3 is 19.7 Å². The lowest BCUT2D eigenvalue weighted by atomic mass is 10.1. The number of aliphatic imine (C=N–C) groups is 1. The number of nitrogens with one attached hydrogen (secondary N) is 1. The van der Waals surface area contributed by atoms with Gasteiger partial charge in [0, 0.05) is 38.9 Å². The van der Waals surface area contributed by atoms with Crippen LogP contribution in [0.15, 0.2) is 35.6 Å². The molecule has 0 radical (unpaired) electrons. The number of hydrogen-bond donors (Lipinski definition) is 1. The van der Waals surface area contributed by atoms with E-state index in [1.807, 2.05) is 26.5 Å². The maximum Gasteiger partial charge on any atom is 0.193 e. The van der Waals surface area contributed by atoms with Gasteiger partial charge in [0.05, 0.1) is 26.0 Å². The van der Waals surface area contributed by atoms with Gasteiger partial charge in [-0.2, -0.15) is 5.10 Å². The topological polar surface area (TPSA) is 63.9 Å². The van der Waals surface area contributed by atoms with Crippen LogP contribution in [-0.4, -0.2) is 60.5 Å². The molecule has 1 N–H and O–H groups in total. The summed E-state index contributed by atoms with van der Waals surface area (Å²) in [6, 6.07) is 6.23. The van der Waals surface area contributed by atoms with Gasteiger partial charge in [-0.3, -0.25) is 9.67 Å². The van der Waals surface area contributed by atoms with E-state index in [1.165, 1.54) is 11.1 Å². The van der Waals surface area contributed by atoms with Gasteiger partial charge in [-0.05, 0) is 31.4 Å². The zero-order chi connectivity index (χ0) is 19.9. The van der Waals surface area contributed by atoms with Crippen LogP contribution in [-0.2, 0) is 11.8 Å². The van der Waals surface area contributed by atoms with Crippen molar-refractivity contribution in [2.24, 2.45) is 12.0 Å². The van der Waals surface area contributed by atoms with E-state index in [4.69, 9.17) is 9.47 Å². The van der Waals surface area contributed by atoms with Crippen molar-refractivity contribution >= 4 is 5.96 Å². The van der Waals surface area contributed by atoms with Crippen molar-refractivity contribution in [2.45, 2.75) is 26.4 Å². The quantitative estimate of drug-likeness (QED) is 0.470. The van der Waals surface area contributed by atoms with Gasteiger partial charge in [-0.1, -0.05) is 18.2 Å². The summed E-state index contributed by atoms with van der Waals surface area (Å²) in [7, 11) is 3.75. The molecule has 1 saturated heterocycles. The SMILES string of the molecule is CN=C(NCCCOc1c(C)cccc1C)N1CCOC(c2cnn(C)c2)C1. The van der Waals surface area contributed by atoms with Gasteiger partial charge in [0.1, 0.15) is 11.9 Å². The predicted octanol–water partition coefficient (Wildman–Crippen LogP) is 2.45. The van der Waals surface area contributed by atoms with Crippen molar-refractivity contribution in [3.05, 3.63) is 47.3 Å². The zero-order valence-corrected chi connectivity index (χ0v) is 17.3. The monoisotopic (exact) mass is 385 g/mol. The summed E-state index contributed by atoms with van der Waals surface area (Å²) in [4.78, 5) is 6.69. The van der Waals surface area contributed by atoms with Crippen LogP contribution < -0.4 is 10.1 Å². The second kappa shape index (κ2) is 9.59. The second-order valence-electron chi connectivity index (χ2n) is 7.15. The molecule has 0 saturated carbocycles. The van der Waals surface area contributed by atoms with E-state index in [9.17, 15) is 0 Å². The molecule has 0 spiro atoms. The highest BCUT2D eigenvalue weighted by atomic mass is 16.5. The number of nitrogens with zero attached hydrogens (tertiary/aromatic N) is 4. The molecule has 1 aliphatic rings. The van der Waals surface area contributed by atoms with Gasteiger partial charge >= 0.3 is 0 Å². The van der Waals surface area contributed by atoms with Crippen LogP contribution in [0.2, 0.25) is 0 Å². The summed E-state index contributed by atoms with van der Waals surface area (Å²) in [6.45, 7) is 7.93. The molecule has 2 heterocycles. The smallest absolute Gasteiger partial charge is 0.193 e. The summed E-state index contributed by atoms with van der Waals surface area (Å²) in [5.74, 6) is 1.91. The van der Waals surface area contributed by atoms with Crippen molar-refractivity contribution in [2.75, 3.05) is 39.9 Å². The fourth-order valence-electron chi connectivity index (χ4n) is 3.46. The number of hydrogen-bond acceptors (Lipinski definition) is 4. The molecule has 7 heteroatoms. The highest BCUT2D eigenvalue weighted by Gasteiger charge is 2.25. The van der Waals surface area contributed by atoms with Crippen LogP contribution in [0.5, 0.6) is 5.75 Å². The van der Waals surface area contributed by atoms with Crippen molar-refractivity contribution in [1.82, 2.24) is 20.0 Å². The molecular weight excluding hydrogens is 354 g/mol. The number of morpholine rings is 1. The highest BCUT2D eigenvalue weighted by molar-refractivity contribution is 5.80. The molecule has 0 aliphatic carbocycles. The van der Waals surface area contributed by atoms with Gasteiger partial charge in [0.15, 0.2) is 5.96 Å². The van der Waals surface area contributed by atoms with Crippen molar-refractivity contribution < 1.29 is 9.47 Å². The molecule has 1 aromatic heterocycles. The predicted molar refractivity (Wildman–Crippen MR) is 111 cm³/mol. The first-order valence-corrected chi connectivity index (χ1v) is 9.83. The zero-order valence-electron chi connectivity index (χ0n) is 17.3. The third kappa shape index (κ3) is 5.04. The normalized spacial score (nSPS) is 17.6. The van der Waals surface area contributed by atoms with E-state index >= 15 is 0 Å². The lowest BCUT2D eigenvalue weighted by Gasteiger charge is -2.34. The summed E-state index contributed by atoms with van der Waals surface area (Å²) in [5.41, 5.74) is 3.46. The number of rotatable bonds is 6. The largest absolute Gasteiger partial charge is 0.493 e. The number of aromatic nitrogens is 2. The Hall–Kier alpha value is -2.54. The third-order valence-corrected chi connectivity index (χ3v) is 4.93. The molecule has 1 atom stereocenters. The van der Waals surface area contributed by atoms with Gasteiger partial charge in [-0.15, -0.1) is 0 Å². The lowest BCUT2D eigenvalue weighted by molar-refractivity contribution is -0.00803. The van der Waals surface area contributed by atoms with Crippen LogP contribution >= 0.6 is 0 Å². The Kier molecular flexibility index (Phi) is 6.92. The standard InChI is InChI=1S/C21H31N5O2/c1-16-7-5-8-17(2)20(16)28-11-6-9-23-21(22-3)26-10-12-27-19(15-26)18-13-24-25(4)14-18/h5,7-8,13-14,19H,6,9-12,15H2,1-4H3,(H,22,23). The van der Waals surface area contributed by atoms with Crippen LogP contribution in [0.25, 0.3) is 0 Å². The molecule has 1 aliphatic heterocycles. The number of aryl methyl sites for hydroxylation is 3. The molecule has 28 heavy (non-hydrogen) atoms. The van der Waals surface area contributed by atoms with Crippen LogP contribution in [0.4, 0.5) is 0 Å². The molecule has 1 unspecified atom stereocenters. The Morgan fingerprint density at radius 3 is 2.82 bits per heavy atom. The summed E-state index contributed by atoms with van der Waals surface area (Å²) >= 11 is 0. The maximum atomic E-state index is 5.98. The van der Waals surface area contributed by atoms with Crippen LogP contribution in [0.1, 0.15) is 29.2 Å². The average molecular weight is 386 g/mol. The Bertz CT molecular complexity index is 782. The highest BCUT2D eigenvalue weighted by Crippen LogP contribution is 2.23. The van der Waals surface area contributed by atoms with Crippen LogP contribution in [0, 0.1) is 13.8 Å². The second-order valence-corrected chi connectivity index (χ2v) is 7.15. The minimum absolute atomic E-state index is 0.0216. The van der Waals surface area contributed by atoms with Gasteiger partial charge in [0.2, 0.25) is 0 Å². The first-order valence-electron chi connectivity index (χ1n) is 9.83. The Balaban J connectivity index is 1.45. The number of guanidine groups is 1. The fourth-order valence-corrected chi connectivity index (χ4v) is 3.46. The van der Waals surface area contributed by atoms with E-state index in [0.29, 0.717) is 13.2 Å². The molecule has 3 rings (SSSR count). The van der Waals surface area contributed by atoms with E-state index in [1.54, 1.807) is 4.68 Å². The molecule has 152 valence electrons. The van der Waals surface area contributed by atoms with Crippen LogP contribution in [0.3, 0.4) is 0 Å². The lowest BCUT2D eigenvalue weighted by Crippen LogP contribution is -2.48. The molecule has 7 nitrogen and oxygen atoms in total. The summed E-state index contributed by atoms with van der Waals surface area (Å²) in [5, 5.41) is 7.70. The number of benzene rings is 1. The summed E-state index contributed by atoms with van der Waals surface area (Å²) < 4.78 is 13.7.